The number of rotatable bonds is 4. The van der Waals surface area contributed by atoms with Crippen molar-refractivity contribution in [3.63, 3.8) is 0 Å². The molecule has 4 nitrogen and oxygen atoms in total. The zero-order valence-corrected chi connectivity index (χ0v) is 11.5. The van der Waals surface area contributed by atoms with E-state index in [4.69, 9.17) is 5.73 Å². The Morgan fingerprint density at radius 1 is 1.21 bits per heavy atom. The summed E-state index contributed by atoms with van der Waals surface area (Å²) in [6, 6.07) is 10.4. The number of hydrogen-bond donors (Lipinski definition) is 1. The minimum Gasteiger partial charge on any atom is -0.398 e. The number of nitrogens with two attached hydrogens (primary N) is 1. The Kier molecular flexibility index (Phi) is 3.59. The Morgan fingerprint density at radius 3 is 2.47 bits per heavy atom. The molecule has 19 heavy (non-hydrogen) atoms. The van der Waals surface area contributed by atoms with Crippen LogP contribution in [0.15, 0.2) is 53.9 Å². The largest absolute Gasteiger partial charge is 0.398 e. The molecule has 0 saturated heterocycles. The van der Waals surface area contributed by atoms with Gasteiger partial charge in [0.2, 0.25) is 10.0 Å². The van der Waals surface area contributed by atoms with Gasteiger partial charge in [-0.05, 0) is 12.1 Å². The van der Waals surface area contributed by atoms with E-state index in [-0.39, 0.29) is 11.4 Å². The lowest BCUT2D eigenvalue weighted by atomic mass is 10.1. The van der Waals surface area contributed by atoms with E-state index in [9.17, 15) is 8.42 Å². The molecule has 2 N–H and O–H groups in total. The van der Waals surface area contributed by atoms with Gasteiger partial charge in [-0.2, -0.15) is 4.31 Å². The van der Waals surface area contributed by atoms with E-state index >= 15 is 0 Å². The van der Waals surface area contributed by atoms with Gasteiger partial charge in [-0.1, -0.05) is 30.3 Å². The second-order valence-electron chi connectivity index (χ2n) is 4.27. The van der Waals surface area contributed by atoms with E-state index in [1.807, 2.05) is 12.1 Å². The molecule has 0 saturated carbocycles. The Labute approximate surface area is 113 Å². The van der Waals surface area contributed by atoms with Crippen LogP contribution in [-0.4, -0.2) is 26.3 Å². The molecular weight excluding hydrogens is 260 g/mol. The molecule has 2 aromatic rings. The molecule has 0 amide bonds. The quantitative estimate of drug-likeness (QED) is 0.688. The summed E-state index contributed by atoms with van der Waals surface area (Å²) in [6.07, 6.45) is 1.55. The highest BCUT2D eigenvalue weighted by molar-refractivity contribution is 7.89. The number of fused-ring (bicyclic) bond motifs is 1. The van der Waals surface area contributed by atoms with Crippen molar-refractivity contribution in [1.82, 2.24) is 4.31 Å². The Bertz CT molecular complexity index is 723. The van der Waals surface area contributed by atoms with E-state index in [0.717, 1.165) is 5.39 Å². The third-order valence-corrected chi connectivity index (χ3v) is 4.87. The highest BCUT2D eigenvalue weighted by Gasteiger charge is 2.22. The fourth-order valence-electron chi connectivity index (χ4n) is 1.97. The molecule has 0 radical (unpaired) electrons. The number of hydrogen-bond acceptors (Lipinski definition) is 3. The van der Waals surface area contributed by atoms with Gasteiger partial charge in [0.15, 0.2) is 0 Å². The maximum atomic E-state index is 12.5. The first-order valence-electron chi connectivity index (χ1n) is 5.83. The Hall–Kier alpha value is -1.85. The average molecular weight is 276 g/mol. The number of anilines is 1. The molecule has 0 unspecified atom stereocenters. The van der Waals surface area contributed by atoms with Gasteiger partial charge in [0, 0.05) is 30.1 Å². The van der Waals surface area contributed by atoms with Gasteiger partial charge in [-0.3, -0.25) is 0 Å². The number of nitrogens with zero attached hydrogens (tertiary/aromatic N) is 1. The first-order chi connectivity index (χ1) is 8.98. The van der Waals surface area contributed by atoms with Gasteiger partial charge < -0.3 is 5.73 Å². The monoisotopic (exact) mass is 276 g/mol. The van der Waals surface area contributed by atoms with Gasteiger partial charge in [-0.25, -0.2) is 8.42 Å². The minimum atomic E-state index is -3.54. The molecule has 0 aliphatic heterocycles. The van der Waals surface area contributed by atoms with Gasteiger partial charge in [-0.15, -0.1) is 6.58 Å². The average Bonchev–Trinajstić information content (AvgIpc) is 2.39. The van der Waals surface area contributed by atoms with Crippen molar-refractivity contribution >= 4 is 26.5 Å². The zero-order chi connectivity index (χ0) is 14.0. The zero-order valence-electron chi connectivity index (χ0n) is 10.7. The Balaban J connectivity index is 2.70. The van der Waals surface area contributed by atoms with E-state index in [2.05, 4.69) is 6.58 Å². The highest BCUT2D eigenvalue weighted by atomic mass is 32.2. The Morgan fingerprint density at radius 2 is 1.84 bits per heavy atom. The molecule has 0 heterocycles. The highest BCUT2D eigenvalue weighted by Crippen LogP contribution is 2.29. The number of benzene rings is 2. The first-order valence-corrected chi connectivity index (χ1v) is 7.27. The van der Waals surface area contributed by atoms with Crippen LogP contribution in [0, 0.1) is 0 Å². The molecule has 0 bridgehead atoms. The number of sulfonamides is 1. The third-order valence-electron chi connectivity index (χ3n) is 2.99. The fourth-order valence-corrected chi connectivity index (χ4v) is 3.30. The molecule has 0 spiro atoms. The molecule has 5 heteroatoms. The van der Waals surface area contributed by atoms with Gasteiger partial charge in [0.05, 0.1) is 4.90 Å². The molecule has 0 aliphatic carbocycles. The summed E-state index contributed by atoms with van der Waals surface area (Å²) >= 11 is 0. The lowest BCUT2D eigenvalue weighted by Crippen LogP contribution is -2.27. The number of likely N-dealkylation sites (N-methyl/N-ethyl adjacent to an activating group) is 1. The van der Waals surface area contributed by atoms with Crippen LogP contribution in [0.5, 0.6) is 0 Å². The second kappa shape index (κ2) is 5.03. The van der Waals surface area contributed by atoms with Crippen molar-refractivity contribution in [2.75, 3.05) is 19.3 Å². The summed E-state index contributed by atoms with van der Waals surface area (Å²) in [5.41, 5.74) is 6.45. The lowest BCUT2D eigenvalue weighted by molar-refractivity contribution is 0.500. The predicted octanol–water partition coefficient (Wildman–Crippen LogP) is 2.23. The van der Waals surface area contributed by atoms with E-state index in [1.54, 1.807) is 30.3 Å². The second-order valence-corrected chi connectivity index (χ2v) is 6.29. The summed E-state index contributed by atoms with van der Waals surface area (Å²) in [4.78, 5) is 0.265. The van der Waals surface area contributed by atoms with Crippen LogP contribution >= 0.6 is 0 Å². The summed E-state index contributed by atoms with van der Waals surface area (Å²) < 4.78 is 26.2. The fraction of sp³-hybridized carbons (Fsp3) is 0.143. The smallest absolute Gasteiger partial charge is 0.243 e. The lowest BCUT2D eigenvalue weighted by Gasteiger charge is -2.17. The van der Waals surface area contributed by atoms with Crippen molar-refractivity contribution < 1.29 is 8.42 Å². The molecular formula is C14H16N2O2S. The van der Waals surface area contributed by atoms with Crippen LogP contribution in [0.2, 0.25) is 0 Å². The predicted molar refractivity (Wildman–Crippen MR) is 78.4 cm³/mol. The molecule has 2 rings (SSSR count). The summed E-state index contributed by atoms with van der Waals surface area (Å²) in [7, 11) is -2.01. The van der Waals surface area contributed by atoms with Crippen LogP contribution in [0.4, 0.5) is 5.69 Å². The summed E-state index contributed by atoms with van der Waals surface area (Å²) in [5.74, 6) is 0. The van der Waals surface area contributed by atoms with Crippen LogP contribution in [-0.2, 0) is 10.0 Å². The standard InChI is InChI=1S/C14H16N2O2S/c1-3-10-16(2)19(17,18)14-9-8-13(15)11-6-4-5-7-12(11)14/h3-9H,1,10,15H2,2H3. The maximum Gasteiger partial charge on any atom is 0.243 e. The normalized spacial score (nSPS) is 11.9. The van der Waals surface area contributed by atoms with Gasteiger partial charge in [0.1, 0.15) is 0 Å². The van der Waals surface area contributed by atoms with E-state index < -0.39 is 10.0 Å². The van der Waals surface area contributed by atoms with Crippen molar-refractivity contribution in [2.24, 2.45) is 0 Å². The maximum absolute atomic E-state index is 12.5. The summed E-state index contributed by atoms with van der Waals surface area (Å²) in [5, 5.41) is 1.38. The molecule has 0 fully saturated rings. The molecule has 0 atom stereocenters. The first kappa shape index (κ1) is 13.6. The SMILES string of the molecule is C=CCN(C)S(=O)(=O)c1ccc(N)c2ccccc12. The third kappa shape index (κ3) is 2.34. The van der Waals surface area contributed by atoms with E-state index in [0.29, 0.717) is 11.1 Å². The molecule has 0 aliphatic rings. The van der Waals surface area contributed by atoms with Crippen molar-refractivity contribution in [3.05, 3.63) is 49.1 Å². The van der Waals surface area contributed by atoms with Crippen molar-refractivity contribution in [3.8, 4) is 0 Å². The van der Waals surface area contributed by atoms with Gasteiger partial charge >= 0.3 is 0 Å². The van der Waals surface area contributed by atoms with Gasteiger partial charge in [0.25, 0.3) is 0 Å². The molecule has 0 aromatic heterocycles. The van der Waals surface area contributed by atoms with Crippen LogP contribution in [0.1, 0.15) is 0 Å². The van der Waals surface area contributed by atoms with E-state index in [1.165, 1.54) is 11.4 Å². The van der Waals surface area contributed by atoms with Crippen molar-refractivity contribution in [1.29, 1.82) is 0 Å². The van der Waals surface area contributed by atoms with Crippen LogP contribution in [0.3, 0.4) is 0 Å². The minimum absolute atomic E-state index is 0.265. The van der Waals surface area contributed by atoms with Crippen LogP contribution < -0.4 is 5.73 Å². The summed E-state index contributed by atoms with van der Waals surface area (Å²) in [6.45, 7) is 3.82. The topological polar surface area (TPSA) is 63.4 Å². The van der Waals surface area contributed by atoms with Crippen molar-refractivity contribution in [2.45, 2.75) is 4.90 Å². The molecule has 100 valence electrons. The van der Waals surface area contributed by atoms with Crippen LogP contribution in [0.25, 0.3) is 10.8 Å². The molecule has 2 aromatic carbocycles. The number of nitrogen functional groups attached to an aromatic ring is 1.